The monoisotopic (exact) mass is 212 g/mol. The Morgan fingerprint density at radius 3 is 2.60 bits per heavy atom. The van der Waals surface area contributed by atoms with Crippen molar-refractivity contribution in [3.8, 4) is 0 Å². The minimum absolute atomic E-state index is 0.00847. The summed E-state index contributed by atoms with van der Waals surface area (Å²) in [4.78, 5) is 4.01. The fraction of sp³-hybridized carbons (Fsp3) is 0.333. The molecular formula is C9H10F2N4. The van der Waals surface area contributed by atoms with Gasteiger partial charge in [-0.1, -0.05) is 5.11 Å². The van der Waals surface area contributed by atoms with Gasteiger partial charge in [0, 0.05) is 19.0 Å². The number of rotatable bonds is 3. The molecule has 0 aromatic heterocycles. The van der Waals surface area contributed by atoms with Crippen LogP contribution in [0.1, 0.15) is 5.56 Å². The molecule has 4 nitrogen and oxygen atoms in total. The molecule has 6 heteroatoms. The normalized spacial score (nSPS) is 9.60. The maximum atomic E-state index is 13.2. The third kappa shape index (κ3) is 2.57. The first kappa shape index (κ1) is 11.3. The summed E-state index contributed by atoms with van der Waals surface area (Å²) in [7, 11) is 3.21. The SMILES string of the molecule is CN(C)c1cc(CN=[N+]=[N-])cc(F)c1F. The molecule has 1 aromatic rings. The second kappa shape index (κ2) is 4.61. The Hall–Kier alpha value is -1.81. The van der Waals surface area contributed by atoms with E-state index in [9.17, 15) is 8.78 Å². The molecule has 15 heavy (non-hydrogen) atoms. The summed E-state index contributed by atoms with van der Waals surface area (Å²) >= 11 is 0. The number of azide groups is 1. The molecule has 0 aliphatic heterocycles. The number of nitrogens with zero attached hydrogens (tertiary/aromatic N) is 4. The number of benzene rings is 1. The zero-order valence-corrected chi connectivity index (χ0v) is 8.41. The molecule has 0 saturated heterocycles. The van der Waals surface area contributed by atoms with Crippen molar-refractivity contribution in [2.24, 2.45) is 5.11 Å². The van der Waals surface area contributed by atoms with E-state index in [1.807, 2.05) is 0 Å². The fourth-order valence-electron chi connectivity index (χ4n) is 1.16. The zero-order valence-electron chi connectivity index (χ0n) is 8.41. The molecule has 0 fully saturated rings. The minimum atomic E-state index is -0.940. The van der Waals surface area contributed by atoms with E-state index in [0.717, 1.165) is 6.07 Å². The van der Waals surface area contributed by atoms with Crippen LogP contribution in [0.3, 0.4) is 0 Å². The summed E-state index contributed by atoms with van der Waals surface area (Å²) in [5, 5.41) is 3.29. The Morgan fingerprint density at radius 2 is 2.07 bits per heavy atom. The summed E-state index contributed by atoms with van der Waals surface area (Å²) in [6.45, 7) is 0.00847. The van der Waals surface area contributed by atoms with E-state index >= 15 is 0 Å². The van der Waals surface area contributed by atoms with Crippen LogP contribution in [0.2, 0.25) is 0 Å². The van der Waals surface area contributed by atoms with Gasteiger partial charge in [-0.3, -0.25) is 0 Å². The van der Waals surface area contributed by atoms with E-state index in [1.54, 1.807) is 14.1 Å². The maximum Gasteiger partial charge on any atom is 0.182 e. The number of anilines is 1. The number of hydrogen-bond donors (Lipinski definition) is 0. The van der Waals surface area contributed by atoms with Crippen LogP contribution in [0.4, 0.5) is 14.5 Å². The van der Waals surface area contributed by atoms with Crippen LogP contribution < -0.4 is 4.90 Å². The molecule has 1 rings (SSSR count). The van der Waals surface area contributed by atoms with Crippen molar-refractivity contribution in [2.75, 3.05) is 19.0 Å². The highest BCUT2D eigenvalue weighted by Gasteiger charge is 2.11. The molecule has 1 aromatic carbocycles. The van der Waals surface area contributed by atoms with Crippen LogP contribution >= 0.6 is 0 Å². The van der Waals surface area contributed by atoms with E-state index in [2.05, 4.69) is 10.0 Å². The molecule has 0 bridgehead atoms. The predicted molar refractivity (Wildman–Crippen MR) is 53.5 cm³/mol. The van der Waals surface area contributed by atoms with Crippen molar-refractivity contribution in [2.45, 2.75) is 6.54 Å². The summed E-state index contributed by atoms with van der Waals surface area (Å²) < 4.78 is 26.3. The molecule has 0 unspecified atom stereocenters. The van der Waals surface area contributed by atoms with Gasteiger partial charge < -0.3 is 4.90 Å². The van der Waals surface area contributed by atoms with Crippen molar-refractivity contribution < 1.29 is 8.78 Å². The molecule has 80 valence electrons. The van der Waals surface area contributed by atoms with Crippen molar-refractivity contribution in [1.82, 2.24) is 0 Å². The second-order valence-corrected chi connectivity index (χ2v) is 3.19. The standard InChI is InChI=1S/C9H10F2N4/c1-15(2)8-4-6(5-13-14-12)3-7(10)9(8)11/h3-4H,5H2,1-2H3. The van der Waals surface area contributed by atoms with Gasteiger partial charge in [-0.05, 0) is 23.2 Å². The first-order chi connectivity index (χ1) is 7.06. The van der Waals surface area contributed by atoms with Gasteiger partial charge >= 0.3 is 0 Å². The smallest absolute Gasteiger partial charge is 0.182 e. The van der Waals surface area contributed by atoms with Crippen molar-refractivity contribution in [3.63, 3.8) is 0 Å². The van der Waals surface area contributed by atoms with Gasteiger partial charge in [0.05, 0.1) is 12.2 Å². The van der Waals surface area contributed by atoms with E-state index in [-0.39, 0.29) is 12.2 Å². The lowest BCUT2D eigenvalue weighted by molar-refractivity contribution is 0.507. The van der Waals surface area contributed by atoms with Crippen molar-refractivity contribution in [3.05, 3.63) is 39.8 Å². The van der Waals surface area contributed by atoms with Crippen molar-refractivity contribution >= 4 is 5.69 Å². The predicted octanol–water partition coefficient (Wildman–Crippen LogP) is 2.84. The Bertz CT molecular complexity index is 411. The van der Waals surface area contributed by atoms with E-state index in [1.165, 1.54) is 11.0 Å². The summed E-state index contributed by atoms with van der Waals surface area (Å²) in [6, 6.07) is 2.48. The average Bonchev–Trinajstić information content (AvgIpc) is 2.19. The van der Waals surface area contributed by atoms with Crippen LogP contribution in [0.25, 0.3) is 10.4 Å². The molecule has 0 aliphatic carbocycles. The Balaban J connectivity index is 3.16. The molecule has 0 saturated carbocycles. The number of halogens is 2. The molecule has 0 heterocycles. The highest BCUT2D eigenvalue weighted by atomic mass is 19.2. The molecule has 0 spiro atoms. The Morgan fingerprint density at radius 1 is 1.40 bits per heavy atom. The third-order valence-corrected chi connectivity index (χ3v) is 1.87. The topological polar surface area (TPSA) is 52.0 Å². The lowest BCUT2D eigenvalue weighted by Gasteiger charge is -2.14. The van der Waals surface area contributed by atoms with E-state index < -0.39 is 11.6 Å². The van der Waals surface area contributed by atoms with Gasteiger partial charge in [0.1, 0.15) is 0 Å². The molecule has 0 radical (unpaired) electrons. The first-order valence-electron chi connectivity index (χ1n) is 4.22. The molecule has 0 atom stereocenters. The van der Waals surface area contributed by atoms with Crippen LogP contribution in [-0.4, -0.2) is 14.1 Å². The van der Waals surface area contributed by atoms with Crippen LogP contribution in [-0.2, 0) is 6.54 Å². The minimum Gasteiger partial charge on any atom is -0.375 e. The highest BCUT2D eigenvalue weighted by Crippen LogP contribution is 2.22. The molecule has 0 N–H and O–H groups in total. The van der Waals surface area contributed by atoms with Crippen LogP contribution in [0.15, 0.2) is 17.2 Å². The molecular weight excluding hydrogens is 202 g/mol. The van der Waals surface area contributed by atoms with Gasteiger partial charge in [-0.2, -0.15) is 0 Å². The Kier molecular flexibility index (Phi) is 3.46. The zero-order chi connectivity index (χ0) is 11.4. The summed E-state index contributed by atoms with van der Waals surface area (Å²) in [5.41, 5.74) is 8.69. The van der Waals surface area contributed by atoms with Crippen LogP contribution in [0.5, 0.6) is 0 Å². The quantitative estimate of drug-likeness (QED) is 0.431. The van der Waals surface area contributed by atoms with E-state index in [0.29, 0.717) is 5.56 Å². The van der Waals surface area contributed by atoms with Gasteiger partial charge in [0.15, 0.2) is 11.6 Å². The number of hydrogen-bond acceptors (Lipinski definition) is 2. The third-order valence-electron chi connectivity index (χ3n) is 1.87. The van der Waals surface area contributed by atoms with E-state index in [4.69, 9.17) is 5.53 Å². The molecule has 0 aliphatic rings. The lowest BCUT2D eigenvalue weighted by Crippen LogP contribution is -2.12. The van der Waals surface area contributed by atoms with Gasteiger partial charge in [0.2, 0.25) is 0 Å². The fourth-order valence-corrected chi connectivity index (χ4v) is 1.16. The highest BCUT2D eigenvalue weighted by molar-refractivity contribution is 5.49. The van der Waals surface area contributed by atoms with Crippen LogP contribution in [0, 0.1) is 11.6 Å². The second-order valence-electron chi connectivity index (χ2n) is 3.19. The lowest BCUT2D eigenvalue weighted by atomic mass is 10.1. The van der Waals surface area contributed by atoms with Gasteiger partial charge in [-0.25, -0.2) is 8.78 Å². The Labute approximate surface area is 85.8 Å². The summed E-state index contributed by atoms with van der Waals surface area (Å²) in [6.07, 6.45) is 0. The maximum absolute atomic E-state index is 13.2. The van der Waals surface area contributed by atoms with Gasteiger partial charge in [0.25, 0.3) is 0 Å². The largest absolute Gasteiger partial charge is 0.375 e. The van der Waals surface area contributed by atoms with Gasteiger partial charge in [-0.15, -0.1) is 0 Å². The summed E-state index contributed by atoms with van der Waals surface area (Å²) in [5.74, 6) is -1.84. The first-order valence-corrected chi connectivity index (χ1v) is 4.22. The van der Waals surface area contributed by atoms with Crippen molar-refractivity contribution in [1.29, 1.82) is 0 Å². The average molecular weight is 212 g/mol. The molecule has 0 amide bonds.